The number of ether oxygens (including phenoxy) is 3. The number of carboxylic acid groups (broad SMARTS) is 1. The molecule has 0 spiro atoms. The Labute approximate surface area is 233 Å². The Hall–Kier alpha value is -4.21. The lowest BCUT2D eigenvalue weighted by atomic mass is 9.98. The Morgan fingerprint density at radius 1 is 0.875 bits per heavy atom. The zero-order chi connectivity index (χ0) is 28.3. The Balaban J connectivity index is 1.36. The number of nitrogens with one attached hydrogen (secondary N) is 2. The highest BCUT2D eigenvalue weighted by Gasteiger charge is 2.31. The Bertz CT molecular complexity index is 1250. The van der Waals surface area contributed by atoms with Gasteiger partial charge in [-0.3, -0.25) is 9.59 Å². The van der Waals surface area contributed by atoms with Crippen LogP contribution in [0.3, 0.4) is 0 Å². The van der Waals surface area contributed by atoms with Crippen LogP contribution in [0.4, 0.5) is 4.79 Å². The number of amides is 2. The molecule has 2 amide bonds. The quantitative estimate of drug-likeness (QED) is 0.260. The molecule has 0 saturated heterocycles. The normalized spacial score (nSPS) is 13.5. The molecular weight excluding hydrogens is 512 g/mol. The van der Waals surface area contributed by atoms with Gasteiger partial charge in [-0.25, -0.2) is 4.79 Å². The van der Waals surface area contributed by atoms with E-state index < -0.39 is 30.1 Å². The fourth-order valence-corrected chi connectivity index (χ4v) is 4.68. The minimum atomic E-state index is -1.03. The van der Waals surface area contributed by atoms with Gasteiger partial charge in [0.05, 0.1) is 32.3 Å². The predicted octanol–water partition coefficient (Wildman–Crippen LogP) is 4.11. The summed E-state index contributed by atoms with van der Waals surface area (Å²) in [5, 5.41) is 14.1. The molecule has 210 valence electrons. The van der Waals surface area contributed by atoms with Crippen molar-refractivity contribution in [2.24, 2.45) is 0 Å². The zero-order valence-electron chi connectivity index (χ0n) is 22.4. The van der Waals surface area contributed by atoms with Gasteiger partial charge in [-0.15, -0.1) is 0 Å². The number of rotatable bonds is 14. The molecule has 9 nitrogen and oxygen atoms in total. The lowest BCUT2D eigenvalue weighted by molar-refractivity contribution is -0.138. The number of carbonyl (C=O) groups excluding carboxylic acids is 2. The molecule has 0 heterocycles. The van der Waals surface area contributed by atoms with Crippen molar-refractivity contribution in [3.8, 4) is 11.1 Å². The Morgan fingerprint density at radius 3 is 2.15 bits per heavy atom. The van der Waals surface area contributed by atoms with Gasteiger partial charge in [-0.2, -0.15) is 0 Å². The van der Waals surface area contributed by atoms with Crippen LogP contribution in [0.5, 0.6) is 0 Å². The second kappa shape index (κ2) is 14.3. The number of carbonyl (C=O) groups is 3. The summed E-state index contributed by atoms with van der Waals surface area (Å²) in [6.07, 6.45) is -1.52. The number of aliphatic carboxylic acids is 1. The number of fused-ring (bicyclic) bond motifs is 3. The zero-order valence-corrected chi connectivity index (χ0v) is 22.4. The summed E-state index contributed by atoms with van der Waals surface area (Å²) in [7, 11) is 0. The highest BCUT2D eigenvalue weighted by Crippen LogP contribution is 2.44. The summed E-state index contributed by atoms with van der Waals surface area (Å²) in [4.78, 5) is 36.6. The van der Waals surface area contributed by atoms with E-state index in [1.807, 2.05) is 66.7 Å². The van der Waals surface area contributed by atoms with Crippen molar-refractivity contribution in [2.45, 2.75) is 38.0 Å². The lowest BCUT2D eigenvalue weighted by Crippen LogP contribution is -2.53. The molecule has 3 N–H and O–H groups in total. The minimum absolute atomic E-state index is 0.0449. The van der Waals surface area contributed by atoms with Crippen molar-refractivity contribution < 1.29 is 33.7 Å². The smallest absolute Gasteiger partial charge is 0.407 e. The largest absolute Gasteiger partial charge is 0.481 e. The van der Waals surface area contributed by atoms with E-state index in [0.29, 0.717) is 0 Å². The van der Waals surface area contributed by atoms with Gasteiger partial charge in [0.2, 0.25) is 5.91 Å². The van der Waals surface area contributed by atoms with Gasteiger partial charge in [0, 0.05) is 12.5 Å². The molecule has 0 bridgehead atoms. The molecule has 2 atom stereocenters. The first-order valence-corrected chi connectivity index (χ1v) is 13.3. The number of hydrogen-bond acceptors (Lipinski definition) is 6. The van der Waals surface area contributed by atoms with Crippen LogP contribution in [0, 0.1) is 0 Å². The summed E-state index contributed by atoms with van der Waals surface area (Å²) >= 11 is 0. The predicted molar refractivity (Wildman–Crippen MR) is 149 cm³/mol. The third-order valence-electron chi connectivity index (χ3n) is 6.73. The standard InChI is InChI=1S/C31H34N2O7/c1-21(39-19-22-9-3-2-4-10-22)29(30(36)32-16-18-38-17-15-28(34)35)33-31(37)40-20-27-25-13-7-5-11-23(25)24-12-6-8-14-26(24)27/h2-14,21,27,29H,15-20H2,1H3,(H,32,36)(H,33,37)(H,34,35)/t21-,29+/m0/s1. The Morgan fingerprint density at radius 2 is 1.50 bits per heavy atom. The fraction of sp³-hybridized carbons (Fsp3) is 0.323. The average Bonchev–Trinajstić information content (AvgIpc) is 3.29. The van der Waals surface area contributed by atoms with E-state index in [1.165, 1.54) is 0 Å². The van der Waals surface area contributed by atoms with Crippen LogP contribution in [-0.2, 0) is 30.4 Å². The lowest BCUT2D eigenvalue weighted by Gasteiger charge is -2.25. The van der Waals surface area contributed by atoms with E-state index in [9.17, 15) is 14.4 Å². The van der Waals surface area contributed by atoms with Crippen LogP contribution in [0.15, 0.2) is 78.9 Å². The van der Waals surface area contributed by atoms with Crippen LogP contribution in [-0.4, -0.2) is 61.6 Å². The molecule has 1 aliphatic carbocycles. The van der Waals surface area contributed by atoms with Gasteiger partial charge in [0.25, 0.3) is 0 Å². The maximum Gasteiger partial charge on any atom is 0.407 e. The SMILES string of the molecule is C[C@H](OCc1ccccc1)[C@@H](NC(=O)OCC1c2ccccc2-c2ccccc21)C(=O)NCCOCCC(=O)O. The molecule has 0 aromatic heterocycles. The van der Waals surface area contributed by atoms with E-state index in [2.05, 4.69) is 22.8 Å². The highest BCUT2D eigenvalue weighted by atomic mass is 16.5. The van der Waals surface area contributed by atoms with E-state index in [4.69, 9.17) is 19.3 Å². The summed E-state index contributed by atoms with van der Waals surface area (Å²) in [6, 6.07) is 24.6. The molecule has 3 aromatic carbocycles. The third-order valence-corrected chi connectivity index (χ3v) is 6.73. The minimum Gasteiger partial charge on any atom is -0.481 e. The summed E-state index contributed by atoms with van der Waals surface area (Å²) in [5.41, 5.74) is 5.36. The first-order valence-electron chi connectivity index (χ1n) is 13.3. The van der Waals surface area contributed by atoms with Crippen LogP contribution in [0.1, 0.15) is 36.0 Å². The third kappa shape index (κ3) is 7.68. The van der Waals surface area contributed by atoms with E-state index in [0.717, 1.165) is 27.8 Å². The van der Waals surface area contributed by atoms with Crippen LogP contribution in [0.2, 0.25) is 0 Å². The maximum absolute atomic E-state index is 13.0. The van der Waals surface area contributed by atoms with Gasteiger partial charge in [-0.05, 0) is 34.7 Å². The van der Waals surface area contributed by atoms with Crippen LogP contribution < -0.4 is 10.6 Å². The van der Waals surface area contributed by atoms with Crippen molar-refractivity contribution in [3.63, 3.8) is 0 Å². The van der Waals surface area contributed by atoms with Crippen molar-refractivity contribution in [2.75, 3.05) is 26.4 Å². The maximum atomic E-state index is 13.0. The summed E-state index contributed by atoms with van der Waals surface area (Å²) in [5.74, 6) is -1.53. The van der Waals surface area contributed by atoms with E-state index in [1.54, 1.807) is 6.92 Å². The molecule has 0 aliphatic heterocycles. The molecule has 3 aromatic rings. The fourth-order valence-electron chi connectivity index (χ4n) is 4.68. The first kappa shape index (κ1) is 28.8. The molecular formula is C31H34N2O7. The topological polar surface area (TPSA) is 123 Å². The first-order chi connectivity index (χ1) is 19.4. The van der Waals surface area contributed by atoms with Crippen LogP contribution in [0.25, 0.3) is 11.1 Å². The van der Waals surface area contributed by atoms with Crippen molar-refractivity contribution in [1.82, 2.24) is 10.6 Å². The summed E-state index contributed by atoms with van der Waals surface area (Å²) in [6.45, 7) is 2.41. The van der Waals surface area contributed by atoms with Crippen LogP contribution >= 0.6 is 0 Å². The van der Waals surface area contributed by atoms with E-state index in [-0.39, 0.29) is 45.3 Å². The summed E-state index contributed by atoms with van der Waals surface area (Å²) < 4.78 is 16.8. The van der Waals surface area contributed by atoms with Gasteiger partial charge >= 0.3 is 12.1 Å². The van der Waals surface area contributed by atoms with Gasteiger partial charge in [0.1, 0.15) is 12.6 Å². The second-order valence-electron chi connectivity index (χ2n) is 9.50. The number of hydrogen-bond donors (Lipinski definition) is 3. The second-order valence-corrected chi connectivity index (χ2v) is 9.50. The number of benzene rings is 3. The number of carboxylic acids is 1. The molecule has 1 aliphatic rings. The Kier molecular flexibility index (Phi) is 10.3. The van der Waals surface area contributed by atoms with Gasteiger partial charge in [0.15, 0.2) is 0 Å². The molecule has 40 heavy (non-hydrogen) atoms. The number of alkyl carbamates (subject to hydrolysis) is 1. The molecule has 0 unspecified atom stereocenters. The van der Waals surface area contributed by atoms with Gasteiger partial charge in [-0.1, -0.05) is 78.9 Å². The monoisotopic (exact) mass is 546 g/mol. The molecule has 0 radical (unpaired) electrons. The molecule has 4 rings (SSSR count). The molecule has 0 fully saturated rings. The van der Waals surface area contributed by atoms with Crippen molar-refractivity contribution >= 4 is 18.0 Å². The van der Waals surface area contributed by atoms with Gasteiger partial charge < -0.3 is 30.0 Å². The molecule has 9 heteroatoms. The van der Waals surface area contributed by atoms with Crippen molar-refractivity contribution in [1.29, 1.82) is 0 Å². The molecule has 0 saturated carbocycles. The highest BCUT2D eigenvalue weighted by molar-refractivity contribution is 5.86. The van der Waals surface area contributed by atoms with E-state index >= 15 is 0 Å². The average molecular weight is 547 g/mol. The van der Waals surface area contributed by atoms with Crippen molar-refractivity contribution in [3.05, 3.63) is 95.6 Å².